The molecule has 0 aromatic heterocycles. The monoisotopic (exact) mass is 312 g/mol. The summed E-state index contributed by atoms with van der Waals surface area (Å²) in [5.41, 5.74) is 0.581. The summed E-state index contributed by atoms with van der Waals surface area (Å²) >= 11 is 5.82. The minimum atomic E-state index is -0.542. The van der Waals surface area contributed by atoms with E-state index in [0.717, 1.165) is 6.42 Å². The molecule has 1 fully saturated rings. The van der Waals surface area contributed by atoms with Crippen molar-refractivity contribution in [3.05, 3.63) is 34.6 Å². The van der Waals surface area contributed by atoms with Gasteiger partial charge in [-0.3, -0.25) is 9.59 Å². The van der Waals surface area contributed by atoms with Gasteiger partial charge in [-0.15, -0.1) is 0 Å². The third-order valence-electron chi connectivity index (χ3n) is 3.55. The maximum atomic E-state index is 13.4. The molecule has 0 N–H and O–H groups in total. The molecule has 2 amide bonds. The maximum Gasteiger partial charge on any atom is 0.245 e. The maximum absolute atomic E-state index is 13.4. The molecule has 0 spiro atoms. The molecule has 0 radical (unpaired) electrons. The lowest BCUT2D eigenvalue weighted by Gasteiger charge is -2.38. The second-order valence-electron chi connectivity index (χ2n) is 5.24. The molecule has 0 unspecified atom stereocenters. The number of benzene rings is 1. The first-order valence-corrected chi connectivity index (χ1v) is 7.33. The van der Waals surface area contributed by atoms with Crippen LogP contribution in [0, 0.1) is 5.82 Å². The van der Waals surface area contributed by atoms with E-state index in [2.05, 4.69) is 0 Å². The van der Waals surface area contributed by atoms with Crippen LogP contribution >= 0.6 is 11.6 Å². The van der Waals surface area contributed by atoms with Gasteiger partial charge in [0.25, 0.3) is 0 Å². The fraction of sp³-hybridized carbons (Fsp3) is 0.467. The summed E-state index contributed by atoms with van der Waals surface area (Å²) in [7, 11) is 0. The van der Waals surface area contributed by atoms with Gasteiger partial charge in [0.05, 0.1) is 6.54 Å². The third kappa shape index (κ3) is 3.53. The molecule has 1 saturated heterocycles. The zero-order valence-electron chi connectivity index (χ0n) is 12.1. The number of hydrogen-bond acceptors (Lipinski definition) is 2. The van der Waals surface area contributed by atoms with Crippen LogP contribution in [0.2, 0.25) is 5.02 Å². The van der Waals surface area contributed by atoms with E-state index in [0.29, 0.717) is 12.1 Å². The van der Waals surface area contributed by atoms with Gasteiger partial charge >= 0.3 is 0 Å². The molecule has 1 heterocycles. The average molecular weight is 313 g/mol. The lowest BCUT2D eigenvalue weighted by atomic mass is 10.1. The number of piperazine rings is 1. The lowest BCUT2D eigenvalue weighted by Crippen LogP contribution is -2.58. The molecule has 1 aliphatic rings. The van der Waals surface area contributed by atoms with Crippen molar-refractivity contribution in [1.82, 2.24) is 9.80 Å². The van der Waals surface area contributed by atoms with E-state index in [-0.39, 0.29) is 29.9 Å². The highest BCUT2D eigenvalue weighted by Gasteiger charge is 2.35. The van der Waals surface area contributed by atoms with E-state index < -0.39 is 11.9 Å². The third-order valence-corrected chi connectivity index (χ3v) is 3.77. The van der Waals surface area contributed by atoms with Gasteiger partial charge in [0.2, 0.25) is 11.8 Å². The van der Waals surface area contributed by atoms with Gasteiger partial charge in [-0.2, -0.15) is 0 Å². The van der Waals surface area contributed by atoms with Crippen molar-refractivity contribution in [3.63, 3.8) is 0 Å². The summed E-state index contributed by atoms with van der Waals surface area (Å²) in [4.78, 5) is 27.5. The van der Waals surface area contributed by atoms with E-state index in [1.807, 2.05) is 6.92 Å². The summed E-state index contributed by atoms with van der Waals surface area (Å²) in [6, 6.07) is 3.60. The Labute approximate surface area is 128 Å². The Morgan fingerprint density at radius 3 is 2.67 bits per heavy atom. The average Bonchev–Trinajstić information content (AvgIpc) is 2.40. The van der Waals surface area contributed by atoms with Gasteiger partial charge in [0.15, 0.2) is 0 Å². The fourth-order valence-corrected chi connectivity index (χ4v) is 2.77. The Morgan fingerprint density at radius 1 is 1.33 bits per heavy atom. The molecule has 1 atom stereocenters. The molecule has 1 aromatic rings. The Hall–Kier alpha value is -1.62. The molecule has 6 heteroatoms. The number of hydrogen-bond donors (Lipinski definition) is 0. The fourth-order valence-electron chi connectivity index (χ4n) is 2.53. The number of nitrogens with zero attached hydrogens (tertiary/aromatic N) is 2. The van der Waals surface area contributed by atoms with Crippen LogP contribution < -0.4 is 0 Å². The zero-order chi connectivity index (χ0) is 15.6. The van der Waals surface area contributed by atoms with Crippen LogP contribution in [0.15, 0.2) is 18.2 Å². The number of carbonyl (C=O) groups excluding carboxylic acids is 2. The summed E-state index contributed by atoms with van der Waals surface area (Å²) < 4.78 is 13.4. The molecule has 0 bridgehead atoms. The van der Waals surface area contributed by atoms with Crippen molar-refractivity contribution >= 4 is 23.4 Å². The number of amides is 2. The standard InChI is InChI=1S/C15H18ClFN2O2/c1-3-4-18-9-14(20)19(10(2)15(18)21)8-11-5-12(16)7-13(17)6-11/h5-7,10H,3-4,8-9H2,1-2H3/t10-/m1/s1. The SMILES string of the molecule is CCCN1CC(=O)N(Cc2cc(F)cc(Cl)c2)[C@H](C)C1=O. The minimum absolute atomic E-state index is 0.0704. The van der Waals surface area contributed by atoms with Gasteiger partial charge in [-0.05, 0) is 37.1 Å². The summed E-state index contributed by atoms with van der Waals surface area (Å²) in [5, 5.41) is 0.279. The highest BCUT2D eigenvalue weighted by atomic mass is 35.5. The Morgan fingerprint density at radius 2 is 2.05 bits per heavy atom. The molecule has 0 aliphatic carbocycles. The number of halogens is 2. The molecular weight excluding hydrogens is 295 g/mol. The van der Waals surface area contributed by atoms with Crippen LogP contribution in [0.4, 0.5) is 4.39 Å². The predicted octanol–water partition coefficient (Wildman–Crippen LogP) is 2.45. The summed E-state index contributed by atoms with van der Waals surface area (Å²) in [6.07, 6.45) is 0.811. The normalized spacial score (nSPS) is 19.3. The molecule has 0 saturated carbocycles. The minimum Gasteiger partial charge on any atom is -0.332 e. The van der Waals surface area contributed by atoms with Crippen LogP contribution in [-0.2, 0) is 16.1 Å². The summed E-state index contributed by atoms with van der Waals surface area (Å²) in [5.74, 6) is -0.650. The van der Waals surface area contributed by atoms with Crippen LogP contribution in [0.25, 0.3) is 0 Å². The number of rotatable bonds is 4. The Kier molecular flexibility index (Phi) is 4.83. The highest BCUT2D eigenvalue weighted by molar-refractivity contribution is 6.30. The second kappa shape index (κ2) is 6.43. The van der Waals surface area contributed by atoms with Crippen LogP contribution in [0.1, 0.15) is 25.8 Å². The van der Waals surface area contributed by atoms with E-state index in [9.17, 15) is 14.0 Å². The molecule has 4 nitrogen and oxygen atoms in total. The first-order chi connectivity index (χ1) is 9.92. The van der Waals surface area contributed by atoms with Gasteiger partial charge in [-0.1, -0.05) is 18.5 Å². The van der Waals surface area contributed by atoms with Crippen molar-refractivity contribution in [2.45, 2.75) is 32.9 Å². The quantitative estimate of drug-likeness (QED) is 0.857. The van der Waals surface area contributed by atoms with E-state index in [1.54, 1.807) is 17.9 Å². The van der Waals surface area contributed by atoms with E-state index >= 15 is 0 Å². The molecule has 114 valence electrons. The van der Waals surface area contributed by atoms with Crippen molar-refractivity contribution in [2.24, 2.45) is 0 Å². The Balaban J connectivity index is 2.16. The summed E-state index contributed by atoms with van der Waals surface area (Å²) in [6.45, 7) is 4.50. The van der Waals surface area contributed by atoms with Crippen LogP contribution in [0.5, 0.6) is 0 Å². The number of carbonyl (C=O) groups is 2. The van der Waals surface area contributed by atoms with Gasteiger partial charge in [0.1, 0.15) is 11.9 Å². The van der Waals surface area contributed by atoms with Crippen molar-refractivity contribution < 1.29 is 14.0 Å². The topological polar surface area (TPSA) is 40.6 Å². The predicted molar refractivity (Wildman–Crippen MR) is 78.3 cm³/mol. The first-order valence-electron chi connectivity index (χ1n) is 6.95. The van der Waals surface area contributed by atoms with Gasteiger partial charge < -0.3 is 9.80 Å². The molecule has 2 rings (SSSR count). The molecular formula is C15H18ClFN2O2. The smallest absolute Gasteiger partial charge is 0.245 e. The zero-order valence-corrected chi connectivity index (χ0v) is 12.9. The van der Waals surface area contributed by atoms with Crippen molar-refractivity contribution in [2.75, 3.05) is 13.1 Å². The second-order valence-corrected chi connectivity index (χ2v) is 5.67. The van der Waals surface area contributed by atoms with E-state index in [4.69, 9.17) is 11.6 Å². The van der Waals surface area contributed by atoms with Crippen LogP contribution in [-0.4, -0.2) is 40.7 Å². The van der Waals surface area contributed by atoms with Crippen molar-refractivity contribution in [1.29, 1.82) is 0 Å². The molecule has 1 aromatic carbocycles. The largest absolute Gasteiger partial charge is 0.332 e. The van der Waals surface area contributed by atoms with Gasteiger partial charge in [0, 0.05) is 18.1 Å². The lowest BCUT2D eigenvalue weighted by molar-refractivity contribution is -0.155. The highest BCUT2D eigenvalue weighted by Crippen LogP contribution is 2.20. The van der Waals surface area contributed by atoms with Crippen molar-refractivity contribution in [3.8, 4) is 0 Å². The van der Waals surface area contributed by atoms with E-state index in [1.165, 1.54) is 17.0 Å². The Bertz CT molecular complexity index is 544. The first kappa shape index (κ1) is 15.8. The van der Waals surface area contributed by atoms with Gasteiger partial charge in [-0.25, -0.2) is 4.39 Å². The molecule has 1 aliphatic heterocycles. The molecule has 21 heavy (non-hydrogen) atoms. The van der Waals surface area contributed by atoms with Crippen LogP contribution in [0.3, 0.4) is 0 Å².